The summed E-state index contributed by atoms with van der Waals surface area (Å²) in [4.78, 5) is 24.1. The van der Waals surface area contributed by atoms with Crippen molar-refractivity contribution in [3.05, 3.63) is 12.7 Å². The molecule has 0 aromatic rings. The number of carbonyl (C=O) groups excluding carboxylic acids is 2. The summed E-state index contributed by atoms with van der Waals surface area (Å²) < 4.78 is 18.0. The van der Waals surface area contributed by atoms with E-state index in [0.29, 0.717) is 25.0 Å². The number of amides is 2. The fourth-order valence-electron chi connectivity index (χ4n) is 5.02. The zero-order chi connectivity index (χ0) is 26.6. The minimum atomic E-state index is -0.941. The van der Waals surface area contributed by atoms with Gasteiger partial charge in [0.25, 0.3) is 0 Å². The van der Waals surface area contributed by atoms with Gasteiger partial charge < -0.3 is 30.0 Å². The number of aliphatic hydroxyl groups excluding tert-OH is 1. The molecule has 36 heavy (non-hydrogen) atoms. The Bertz CT molecular complexity index is 689. The molecule has 8 nitrogen and oxygen atoms in total. The van der Waals surface area contributed by atoms with E-state index in [1.165, 1.54) is 7.11 Å². The topological polar surface area (TPSA) is 106 Å². The van der Waals surface area contributed by atoms with Crippen molar-refractivity contribution in [3.63, 3.8) is 0 Å². The molecule has 8 heteroatoms. The molecule has 208 valence electrons. The Kier molecular flexibility index (Phi) is 13.4. The third-order valence-corrected chi connectivity index (χ3v) is 7.79. The molecule has 0 radical (unpaired) electrons. The smallest absolute Gasteiger partial charge is 0.225 e. The van der Waals surface area contributed by atoms with Gasteiger partial charge in [0.1, 0.15) is 0 Å². The minimum Gasteiger partial charge on any atom is -0.390 e. The van der Waals surface area contributed by atoms with Gasteiger partial charge in [-0.1, -0.05) is 26.8 Å². The van der Waals surface area contributed by atoms with Crippen LogP contribution >= 0.6 is 0 Å². The van der Waals surface area contributed by atoms with Crippen molar-refractivity contribution < 1.29 is 28.9 Å². The van der Waals surface area contributed by atoms with Crippen LogP contribution in [0.25, 0.3) is 0 Å². The Hall–Kier alpha value is -1.48. The summed E-state index contributed by atoms with van der Waals surface area (Å²) >= 11 is 0. The average Bonchev–Trinajstić information content (AvgIpc) is 2.88. The summed E-state index contributed by atoms with van der Waals surface area (Å²) in [6.07, 6.45) is 10.7. The van der Waals surface area contributed by atoms with Crippen LogP contribution in [-0.2, 0) is 23.8 Å². The third kappa shape index (κ3) is 10.1. The van der Waals surface area contributed by atoms with E-state index in [2.05, 4.69) is 31.1 Å². The van der Waals surface area contributed by atoms with Gasteiger partial charge in [0, 0.05) is 39.5 Å². The molecule has 0 aliphatic carbocycles. The summed E-state index contributed by atoms with van der Waals surface area (Å²) in [6, 6.07) is 0. The van der Waals surface area contributed by atoms with Gasteiger partial charge in [0.2, 0.25) is 11.8 Å². The Labute approximate surface area is 217 Å². The molecular weight excluding hydrogens is 460 g/mol. The molecular formula is C28H50N2O6. The number of allylic oxidation sites excluding steroid dienone is 1. The maximum atomic E-state index is 12.5. The van der Waals surface area contributed by atoms with Gasteiger partial charge in [-0.3, -0.25) is 9.59 Å². The molecule has 0 aromatic heterocycles. The predicted octanol–water partition coefficient (Wildman–Crippen LogP) is 3.72. The van der Waals surface area contributed by atoms with Gasteiger partial charge in [0.05, 0.1) is 30.8 Å². The van der Waals surface area contributed by atoms with Gasteiger partial charge >= 0.3 is 0 Å². The van der Waals surface area contributed by atoms with E-state index >= 15 is 0 Å². The van der Waals surface area contributed by atoms with E-state index in [4.69, 9.17) is 14.2 Å². The van der Waals surface area contributed by atoms with Crippen molar-refractivity contribution in [2.45, 2.75) is 109 Å². The normalized spacial score (nSPS) is 28.8. The van der Waals surface area contributed by atoms with Gasteiger partial charge in [-0.05, 0) is 56.8 Å². The lowest BCUT2D eigenvalue weighted by atomic mass is 9.85. The van der Waals surface area contributed by atoms with E-state index in [1.54, 1.807) is 6.92 Å². The molecule has 0 saturated carbocycles. The van der Waals surface area contributed by atoms with Gasteiger partial charge in [-0.25, -0.2) is 0 Å². The van der Waals surface area contributed by atoms with Crippen LogP contribution < -0.4 is 10.6 Å². The molecule has 2 fully saturated rings. The number of hydrogen-bond donors (Lipinski definition) is 3. The van der Waals surface area contributed by atoms with Crippen LogP contribution in [0.4, 0.5) is 0 Å². The van der Waals surface area contributed by atoms with Gasteiger partial charge in [-0.15, -0.1) is 6.58 Å². The summed E-state index contributed by atoms with van der Waals surface area (Å²) in [7, 11) is 1.53. The van der Waals surface area contributed by atoms with Gasteiger partial charge in [0.15, 0.2) is 5.79 Å². The Balaban J connectivity index is 1.72. The lowest BCUT2D eigenvalue weighted by molar-refractivity contribution is -0.324. The highest BCUT2D eigenvalue weighted by Gasteiger charge is 2.44. The Morgan fingerprint density at radius 1 is 1.19 bits per heavy atom. The first kappa shape index (κ1) is 30.7. The van der Waals surface area contributed by atoms with Crippen molar-refractivity contribution in [3.8, 4) is 0 Å². The summed E-state index contributed by atoms with van der Waals surface area (Å²) in [5, 5.41) is 15.8. The van der Waals surface area contributed by atoms with Crippen LogP contribution in [0, 0.1) is 17.8 Å². The number of hydrogen-bond acceptors (Lipinski definition) is 6. The SMILES string of the molecule is C=C[C@@H](C)CC[C@@H]1CCC[C@]2(CC[C@H](C)[C@@H](CCCNC(=O)[C@@H](C)[C@@H](O)CNC(=O)CCOC)O2)O1. The molecule has 0 unspecified atom stereocenters. The average molecular weight is 511 g/mol. The lowest BCUT2D eigenvalue weighted by Crippen LogP contribution is -2.50. The summed E-state index contributed by atoms with van der Waals surface area (Å²) in [5.41, 5.74) is 0. The van der Waals surface area contributed by atoms with Crippen LogP contribution in [0.15, 0.2) is 12.7 Å². The molecule has 3 N–H and O–H groups in total. The number of nitrogens with one attached hydrogen (secondary N) is 2. The second kappa shape index (κ2) is 15.7. The van der Waals surface area contributed by atoms with Crippen molar-refractivity contribution in [2.75, 3.05) is 26.8 Å². The quantitative estimate of drug-likeness (QED) is 0.229. The fourth-order valence-corrected chi connectivity index (χ4v) is 5.02. The van der Waals surface area contributed by atoms with E-state index in [1.807, 2.05) is 6.08 Å². The first-order valence-electron chi connectivity index (χ1n) is 13.9. The number of ether oxygens (including phenoxy) is 3. The number of carbonyl (C=O) groups is 2. The number of aliphatic hydroxyl groups is 1. The summed E-state index contributed by atoms with van der Waals surface area (Å²) in [5.74, 6) is -0.522. The molecule has 0 bridgehead atoms. The summed E-state index contributed by atoms with van der Waals surface area (Å²) in [6.45, 7) is 10.9. The molecule has 2 aliphatic heterocycles. The molecule has 7 atom stereocenters. The predicted molar refractivity (Wildman–Crippen MR) is 140 cm³/mol. The Morgan fingerprint density at radius 2 is 1.97 bits per heavy atom. The van der Waals surface area contributed by atoms with Crippen molar-refractivity contribution in [1.82, 2.24) is 10.6 Å². The second-order valence-corrected chi connectivity index (χ2v) is 10.8. The maximum Gasteiger partial charge on any atom is 0.225 e. The van der Waals surface area contributed by atoms with Crippen molar-refractivity contribution in [2.24, 2.45) is 17.8 Å². The molecule has 2 aliphatic rings. The van der Waals surface area contributed by atoms with Crippen molar-refractivity contribution >= 4 is 11.8 Å². The van der Waals surface area contributed by atoms with E-state index in [0.717, 1.165) is 57.8 Å². The Morgan fingerprint density at radius 3 is 2.69 bits per heavy atom. The second-order valence-electron chi connectivity index (χ2n) is 10.8. The van der Waals surface area contributed by atoms with E-state index in [9.17, 15) is 14.7 Å². The van der Waals surface area contributed by atoms with E-state index in [-0.39, 0.29) is 37.0 Å². The van der Waals surface area contributed by atoms with Crippen molar-refractivity contribution in [1.29, 1.82) is 0 Å². The van der Waals surface area contributed by atoms with Crippen LogP contribution in [0.3, 0.4) is 0 Å². The van der Waals surface area contributed by atoms with Crippen LogP contribution in [0.1, 0.15) is 85.0 Å². The fraction of sp³-hybridized carbons (Fsp3) is 0.857. The first-order valence-corrected chi connectivity index (χ1v) is 13.9. The molecule has 1 spiro atoms. The molecule has 2 heterocycles. The monoisotopic (exact) mass is 510 g/mol. The largest absolute Gasteiger partial charge is 0.390 e. The van der Waals surface area contributed by atoms with Crippen LogP contribution in [-0.4, -0.2) is 67.8 Å². The van der Waals surface area contributed by atoms with Gasteiger partial charge in [-0.2, -0.15) is 0 Å². The number of methoxy groups -OCH3 is 1. The standard InChI is InChI=1S/C28H50N2O6/c1-6-20(2)11-12-23-9-7-15-28(35-23)16-13-21(3)25(36-28)10-8-17-29-27(33)22(4)24(31)19-30-26(32)14-18-34-5/h6,20-25,31H,1,7-19H2,2-5H3,(H,29,33)(H,30,32)/t20-,21+,22+,23+,24+,25-,28+/m1/s1. The number of rotatable bonds is 15. The van der Waals surface area contributed by atoms with Crippen LogP contribution in [0.2, 0.25) is 0 Å². The molecule has 2 saturated heterocycles. The minimum absolute atomic E-state index is 0.0418. The zero-order valence-electron chi connectivity index (χ0n) is 22.9. The highest BCUT2D eigenvalue weighted by atomic mass is 16.7. The molecule has 2 amide bonds. The third-order valence-electron chi connectivity index (χ3n) is 7.79. The zero-order valence-corrected chi connectivity index (χ0v) is 22.9. The molecule has 0 aromatic carbocycles. The van der Waals surface area contributed by atoms with Crippen LogP contribution in [0.5, 0.6) is 0 Å². The maximum absolute atomic E-state index is 12.5. The first-order chi connectivity index (χ1) is 17.2. The van der Waals surface area contributed by atoms with E-state index < -0.39 is 17.8 Å². The molecule has 2 rings (SSSR count). The lowest BCUT2D eigenvalue weighted by Gasteiger charge is -2.48. The highest BCUT2D eigenvalue weighted by molar-refractivity contribution is 5.79. The highest BCUT2D eigenvalue weighted by Crippen LogP contribution is 2.42.